The zero-order valence-corrected chi connectivity index (χ0v) is 14.6. The molecule has 0 fully saturated rings. The van der Waals surface area contributed by atoms with E-state index in [0.29, 0.717) is 22.1 Å². The Morgan fingerprint density at radius 3 is 2.71 bits per heavy atom. The lowest BCUT2D eigenvalue weighted by atomic mass is 10.1. The van der Waals surface area contributed by atoms with Gasteiger partial charge in [-0.25, -0.2) is 4.98 Å². The fourth-order valence-corrected chi connectivity index (χ4v) is 2.72. The van der Waals surface area contributed by atoms with Gasteiger partial charge in [0.1, 0.15) is 5.82 Å². The smallest absolute Gasteiger partial charge is 0.255 e. The first-order chi connectivity index (χ1) is 10.0. The fraction of sp³-hybridized carbons (Fsp3) is 0.200. The second-order valence-electron chi connectivity index (χ2n) is 4.41. The summed E-state index contributed by atoms with van der Waals surface area (Å²) in [6, 6.07) is 9.00. The van der Waals surface area contributed by atoms with Crippen LogP contribution in [-0.4, -0.2) is 17.9 Å². The van der Waals surface area contributed by atoms with Crippen LogP contribution in [0.25, 0.3) is 0 Å². The molecular formula is C15H15ClIN3O. The van der Waals surface area contributed by atoms with Crippen LogP contribution >= 0.6 is 34.2 Å². The number of nitrogens with one attached hydrogen (secondary N) is 2. The number of rotatable bonds is 4. The molecule has 0 saturated heterocycles. The summed E-state index contributed by atoms with van der Waals surface area (Å²) in [5.41, 5.74) is 2.02. The highest BCUT2D eigenvalue weighted by Gasteiger charge is 2.11. The summed E-state index contributed by atoms with van der Waals surface area (Å²) in [5.74, 6) is 0.472. The van der Waals surface area contributed by atoms with Crippen LogP contribution in [0.5, 0.6) is 0 Å². The summed E-state index contributed by atoms with van der Waals surface area (Å²) in [7, 11) is 1.78. The van der Waals surface area contributed by atoms with Gasteiger partial charge in [-0.1, -0.05) is 18.5 Å². The molecule has 2 rings (SSSR count). The molecule has 0 saturated carbocycles. The molecule has 2 N–H and O–H groups in total. The lowest BCUT2D eigenvalue weighted by molar-refractivity contribution is 0.102. The second-order valence-corrected chi connectivity index (χ2v) is 6.07. The van der Waals surface area contributed by atoms with Crippen molar-refractivity contribution < 1.29 is 4.79 Å². The molecule has 0 aliphatic carbocycles. The van der Waals surface area contributed by atoms with E-state index >= 15 is 0 Å². The number of pyridine rings is 1. The van der Waals surface area contributed by atoms with E-state index in [-0.39, 0.29) is 5.91 Å². The van der Waals surface area contributed by atoms with Gasteiger partial charge in [-0.3, -0.25) is 4.79 Å². The minimum atomic E-state index is -0.202. The number of aryl methyl sites for hydroxylation is 1. The maximum Gasteiger partial charge on any atom is 0.255 e. The lowest BCUT2D eigenvalue weighted by Gasteiger charge is -2.10. The van der Waals surface area contributed by atoms with Crippen LogP contribution in [0.4, 0.5) is 11.5 Å². The van der Waals surface area contributed by atoms with Gasteiger partial charge in [0.05, 0.1) is 10.7 Å². The molecule has 2 aromatic rings. The minimum absolute atomic E-state index is 0.202. The third-order valence-corrected chi connectivity index (χ3v) is 3.92. The number of aromatic nitrogens is 1. The Morgan fingerprint density at radius 2 is 2.10 bits per heavy atom. The van der Waals surface area contributed by atoms with E-state index in [1.165, 1.54) is 0 Å². The average Bonchev–Trinajstić information content (AvgIpc) is 2.49. The summed E-state index contributed by atoms with van der Waals surface area (Å²) in [4.78, 5) is 16.7. The molecule has 21 heavy (non-hydrogen) atoms. The Labute approximate surface area is 142 Å². The normalized spacial score (nSPS) is 10.3. The number of anilines is 2. The van der Waals surface area contributed by atoms with Gasteiger partial charge in [0, 0.05) is 21.9 Å². The van der Waals surface area contributed by atoms with Crippen molar-refractivity contribution in [1.29, 1.82) is 0 Å². The fourth-order valence-electron chi connectivity index (χ4n) is 1.81. The van der Waals surface area contributed by atoms with E-state index in [2.05, 4.69) is 38.2 Å². The van der Waals surface area contributed by atoms with Crippen LogP contribution in [0.3, 0.4) is 0 Å². The first-order valence-electron chi connectivity index (χ1n) is 6.48. The third kappa shape index (κ3) is 4.07. The number of hydrogen-bond acceptors (Lipinski definition) is 3. The summed E-state index contributed by atoms with van der Waals surface area (Å²) in [5, 5.41) is 6.31. The Morgan fingerprint density at radius 1 is 1.33 bits per heavy atom. The second kappa shape index (κ2) is 7.09. The zero-order chi connectivity index (χ0) is 15.4. The maximum atomic E-state index is 12.4. The largest absolute Gasteiger partial charge is 0.373 e. The molecule has 0 radical (unpaired) electrons. The average molecular weight is 416 g/mol. The van der Waals surface area contributed by atoms with Crippen LogP contribution in [0, 0.1) is 3.57 Å². The van der Waals surface area contributed by atoms with Crippen LogP contribution in [0.2, 0.25) is 5.02 Å². The highest BCUT2D eigenvalue weighted by Crippen LogP contribution is 2.24. The molecule has 4 nitrogen and oxygen atoms in total. The molecule has 0 bridgehead atoms. The minimum Gasteiger partial charge on any atom is -0.373 e. The highest BCUT2D eigenvalue weighted by atomic mass is 127. The molecular weight excluding hydrogens is 401 g/mol. The SMILES string of the molecule is CCc1cc(C(=O)Nc2ccc(I)cc2Cl)cc(NC)n1. The van der Waals surface area contributed by atoms with Crippen LogP contribution < -0.4 is 10.6 Å². The predicted molar refractivity (Wildman–Crippen MR) is 95.3 cm³/mol. The quantitative estimate of drug-likeness (QED) is 0.736. The van der Waals surface area contributed by atoms with Crippen molar-refractivity contribution in [1.82, 2.24) is 4.98 Å². The van der Waals surface area contributed by atoms with E-state index < -0.39 is 0 Å². The van der Waals surface area contributed by atoms with Crippen molar-refractivity contribution in [2.24, 2.45) is 0 Å². The van der Waals surface area contributed by atoms with Crippen LogP contribution in [0.1, 0.15) is 23.0 Å². The van der Waals surface area contributed by atoms with Crippen molar-refractivity contribution in [3.8, 4) is 0 Å². The van der Waals surface area contributed by atoms with Gasteiger partial charge < -0.3 is 10.6 Å². The van der Waals surface area contributed by atoms with Crippen molar-refractivity contribution in [2.75, 3.05) is 17.7 Å². The molecule has 1 heterocycles. The van der Waals surface area contributed by atoms with Crippen molar-refractivity contribution in [2.45, 2.75) is 13.3 Å². The third-order valence-electron chi connectivity index (χ3n) is 2.94. The molecule has 0 spiro atoms. The van der Waals surface area contributed by atoms with Crippen LogP contribution in [0.15, 0.2) is 30.3 Å². The van der Waals surface area contributed by atoms with Gasteiger partial charge in [0.2, 0.25) is 0 Å². The molecule has 0 aliphatic rings. The summed E-state index contributed by atoms with van der Waals surface area (Å²) >= 11 is 8.31. The number of carbonyl (C=O) groups excluding carboxylic acids is 1. The van der Waals surface area contributed by atoms with Crippen molar-refractivity contribution >= 4 is 51.6 Å². The number of halogens is 2. The zero-order valence-electron chi connectivity index (χ0n) is 11.7. The van der Waals surface area contributed by atoms with E-state index in [4.69, 9.17) is 11.6 Å². The topological polar surface area (TPSA) is 54.0 Å². The van der Waals surface area contributed by atoms with Gasteiger partial charge in [0.25, 0.3) is 5.91 Å². The highest BCUT2D eigenvalue weighted by molar-refractivity contribution is 14.1. The number of amides is 1. The predicted octanol–water partition coefficient (Wildman–Crippen LogP) is 4.20. The van der Waals surface area contributed by atoms with Crippen molar-refractivity contribution in [3.05, 3.63) is 50.2 Å². The molecule has 1 aromatic carbocycles. The molecule has 1 aromatic heterocycles. The Hall–Kier alpha value is -1.34. The lowest BCUT2D eigenvalue weighted by Crippen LogP contribution is -2.13. The Kier molecular flexibility index (Phi) is 5.41. The van der Waals surface area contributed by atoms with Crippen molar-refractivity contribution in [3.63, 3.8) is 0 Å². The van der Waals surface area contributed by atoms with E-state index in [1.807, 2.05) is 13.0 Å². The van der Waals surface area contributed by atoms with E-state index in [9.17, 15) is 4.79 Å². The summed E-state index contributed by atoms with van der Waals surface area (Å²) < 4.78 is 1.02. The van der Waals surface area contributed by atoms with Gasteiger partial charge in [-0.05, 0) is 59.3 Å². The first-order valence-corrected chi connectivity index (χ1v) is 7.94. The number of carbonyl (C=O) groups is 1. The molecule has 6 heteroatoms. The van der Waals surface area contributed by atoms with Gasteiger partial charge in [-0.2, -0.15) is 0 Å². The molecule has 0 aliphatic heterocycles. The van der Waals surface area contributed by atoms with Gasteiger partial charge in [0.15, 0.2) is 0 Å². The van der Waals surface area contributed by atoms with Crippen LogP contribution in [-0.2, 0) is 6.42 Å². The van der Waals surface area contributed by atoms with Gasteiger partial charge >= 0.3 is 0 Å². The monoisotopic (exact) mass is 415 g/mol. The molecule has 1 amide bonds. The Bertz CT molecular complexity index is 654. The summed E-state index contributed by atoms with van der Waals surface area (Å²) in [6.45, 7) is 2.00. The maximum absolute atomic E-state index is 12.4. The van der Waals surface area contributed by atoms with E-state index in [0.717, 1.165) is 15.7 Å². The first kappa shape index (κ1) is 16.0. The standard InChI is InChI=1S/C15H15ClIN3O/c1-3-11-6-9(7-14(18-2)19-11)15(21)20-13-5-4-10(17)8-12(13)16/h4-8H,3H2,1-2H3,(H,18,19)(H,20,21). The van der Waals surface area contributed by atoms with Gasteiger partial charge in [-0.15, -0.1) is 0 Å². The Balaban J connectivity index is 2.27. The summed E-state index contributed by atoms with van der Waals surface area (Å²) in [6.07, 6.45) is 0.764. The molecule has 0 atom stereocenters. The number of benzene rings is 1. The molecule has 0 unspecified atom stereocenters. The number of hydrogen-bond donors (Lipinski definition) is 2. The number of nitrogens with zero attached hydrogens (tertiary/aromatic N) is 1. The van der Waals surface area contributed by atoms with E-state index in [1.54, 1.807) is 31.3 Å². The molecule has 110 valence electrons.